The lowest BCUT2D eigenvalue weighted by Gasteiger charge is -2.18. The van der Waals surface area contributed by atoms with Crippen LogP contribution < -0.4 is 5.32 Å². The van der Waals surface area contributed by atoms with E-state index in [1.54, 1.807) is 13.1 Å². The van der Waals surface area contributed by atoms with Crippen LogP contribution in [0.4, 0.5) is 5.82 Å². The fourth-order valence-corrected chi connectivity index (χ4v) is 1.80. The normalized spacial score (nSPS) is 14.0. The first-order valence-corrected chi connectivity index (χ1v) is 6.79. The number of pyridine rings is 1. The van der Waals surface area contributed by atoms with Crippen LogP contribution >= 0.6 is 0 Å². The van der Waals surface area contributed by atoms with E-state index in [4.69, 9.17) is 4.52 Å². The molecule has 2 heterocycles. The maximum atomic E-state index is 10.0. The minimum Gasteiger partial charge on any atom is -0.391 e. The molecule has 2 N–H and O–H groups in total. The SMILES string of the molecule is CCC(C)C(O)CNc1ncccc1-c1nc(C)no1. The summed E-state index contributed by atoms with van der Waals surface area (Å²) >= 11 is 0. The summed E-state index contributed by atoms with van der Waals surface area (Å²) in [5.74, 6) is 1.88. The third-order valence-corrected chi connectivity index (χ3v) is 3.35. The molecule has 0 saturated heterocycles. The summed E-state index contributed by atoms with van der Waals surface area (Å²) in [5, 5.41) is 16.9. The number of aryl methyl sites for hydroxylation is 1. The van der Waals surface area contributed by atoms with E-state index in [0.29, 0.717) is 24.1 Å². The summed E-state index contributed by atoms with van der Waals surface area (Å²) in [6.07, 6.45) is 2.20. The lowest BCUT2D eigenvalue weighted by molar-refractivity contribution is 0.126. The number of nitrogens with zero attached hydrogens (tertiary/aromatic N) is 3. The number of aliphatic hydroxyl groups excluding tert-OH is 1. The van der Waals surface area contributed by atoms with Crippen molar-refractivity contribution in [2.45, 2.75) is 33.3 Å². The fraction of sp³-hybridized carbons (Fsp3) is 0.500. The number of nitrogens with one attached hydrogen (secondary N) is 1. The van der Waals surface area contributed by atoms with Crippen molar-refractivity contribution in [2.24, 2.45) is 5.92 Å². The topological polar surface area (TPSA) is 84.1 Å². The highest BCUT2D eigenvalue weighted by molar-refractivity contribution is 5.68. The Kier molecular flexibility index (Phi) is 4.68. The molecule has 0 aromatic carbocycles. The van der Waals surface area contributed by atoms with Crippen molar-refractivity contribution in [3.05, 3.63) is 24.2 Å². The predicted octanol–water partition coefficient (Wildman–Crippen LogP) is 2.26. The Morgan fingerprint density at radius 1 is 1.45 bits per heavy atom. The van der Waals surface area contributed by atoms with Gasteiger partial charge in [0.1, 0.15) is 5.82 Å². The minimum atomic E-state index is -0.417. The lowest BCUT2D eigenvalue weighted by atomic mass is 10.0. The van der Waals surface area contributed by atoms with Crippen LogP contribution in [-0.4, -0.2) is 32.9 Å². The maximum Gasteiger partial charge on any atom is 0.261 e. The third kappa shape index (κ3) is 3.33. The molecule has 6 nitrogen and oxygen atoms in total. The van der Waals surface area contributed by atoms with Crippen LogP contribution in [0.5, 0.6) is 0 Å². The van der Waals surface area contributed by atoms with E-state index >= 15 is 0 Å². The summed E-state index contributed by atoms with van der Waals surface area (Å²) in [6, 6.07) is 3.67. The lowest BCUT2D eigenvalue weighted by Crippen LogP contribution is -2.26. The molecule has 0 aliphatic carbocycles. The van der Waals surface area contributed by atoms with Gasteiger partial charge in [0.15, 0.2) is 5.82 Å². The highest BCUT2D eigenvalue weighted by Crippen LogP contribution is 2.24. The summed E-state index contributed by atoms with van der Waals surface area (Å²) in [4.78, 5) is 8.47. The number of hydrogen-bond donors (Lipinski definition) is 2. The van der Waals surface area contributed by atoms with Crippen LogP contribution in [0.1, 0.15) is 26.1 Å². The molecule has 6 heteroatoms. The fourth-order valence-electron chi connectivity index (χ4n) is 1.80. The predicted molar refractivity (Wildman–Crippen MR) is 76.2 cm³/mol. The van der Waals surface area contributed by atoms with Gasteiger partial charge >= 0.3 is 0 Å². The van der Waals surface area contributed by atoms with Crippen LogP contribution in [0.2, 0.25) is 0 Å². The van der Waals surface area contributed by atoms with Crippen molar-refractivity contribution in [3.63, 3.8) is 0 Å². The van der Waals surface area contributed by atoms with E-state index in [0.717, 1.165) is 12.0 Å². The number of anilines is 1. The minimum absolute atomic E-state index is 0.236. The Hall–Kier alpha value is -1.95. The molecule has 0 aliphatic heterocycles. The average Bonchev–Trinajstić information content (AvgIpc) is 2.90. The van der Waals surface area contributed by atoms with Crippen LogP contribution in [-0.2, 0) is 0 Å². The second-order valence-corrected chi connectivity index (χ2v) is 4.88. The van der Waals surface area contributed by atoms with Gasteiger partial charge in [0.05, 0.1) is 11.7 Å². The van der Waals surface area contributed by atoms with Gasteiger partial charge in [0.2, 0.25) is 0 Å². The van der Waals surface area contributed by atoms with Gasteiger partial charge in [-0.1, -0.05) is 25.4 Å². The van der Waals surface area contributed by atoms with Crippen molar-refractivity contribution >= 4 is 5.82 Å². The molecule has 2 rings (SSSR count). The Morgan fingerprint density at radius 3 is 2.90 bits per heavy atom. The van der Waals surface area contributed by atoms with E-state index in [2.05, 4.69) is 27.4 Å². The molecular weight excluding hydrogens is 256 g/mol. The first-order chi connectivity index (χ1) is 9.61. The Bertz CT molecular complexity index is 556. The largest absolute Gasteiger partial charge is 0.391 e. The quantitative estimate of drug-likeness (QED) is 0.842. The number of rotatable bonds is 6. The van der Waals surface area contributed by atoms with Gasteiger partial charge in [-0.25, -0.2) is 4.98 Å². The molecule has 2 atom stereocenters. The van der Waals surface area contributed by atoms with Crippen molar-refractivity contribution in [1.29, 1.82) is 0 Å². The zero-order valence-corrected chi connectivity index (χ0v) is 12.0. The van der Waals surface area contributed by atoms with Crippen LogP contribution in [0.25, 0.3) is 11.5 Å². The van der Waals surface area contributed by atoms with Crippen LogP contribution in [0.3, 0.4) is 0 Å². The second kappa shape index (κ2) is 6.47. The monoisotopic (exact) mass is 276 g/mol. The zero-order valence-electron chi connectivity index (χ0n) is 12.0. The molecule has 0 spiro atoms. The molecular formula is C14H20N4O2. The smallest absolute Gasteiger partial charge is 0.261 e. The Balaban J connectivity index is 2.13. The molecule has 0 aliphatic rings. The van der Waals surface area contributed by atoms with Gasteiger partial charge in [-0.15, -0.1) is 0 Å². The van der Waals surface area contributed by atoms with Crippen LogP contribution in [0.15, 0.2) is 22.9 Å². The third-order valence-electron chi connectivity index (χ3n) is 3.35. The number of aliphatic hydroxyl groups is 1. The molecule has 0 saturated carbocycles. The van der Waals surface area contributed by atoms with Crippen molar-refractivity contribution in [2.75, 3.05) is 11.9 Å². The van der Waals surface area contributed by atoms with Gasteiger partial charge in [-0.3, -0.25) is 0 Å². The van der Waals surface area contributed by atoms with E-state index in [1.165, 1.54) is 0 Å². The Labute approximate surface area is 118 Å². The summed E-state index contributed by atoms with van der Waals surface area (Å²) in [5.41, 5.74) is 0.740. The first-order valence-electron chi connectivity index (χ1n) is 6.79. The molecule has 2 aromatic rings. The number of hydrogen-bond acceptors (Lipinski definition) is 6. The highest BCUT2D eigenvalue weighted by Gasteiger charge is 2.15. The van der Waals surface area contributed by atoms with Crippen LogP contribution in [0, 0.1) is 12.8 Å². The molecule has 2 unspecified atom stereocenters. The Morgan fingerprint density at radius 2 is 2.25 bits per heavy atom. The first kappa shape index (κ1) is 14.5. The molecule has 0 radical (unpaired) electrons. The van der Waals surface area contributed by atoms with Crippen molar-refractivity contribution < 1.29 is 9.63 Å². The summed E-state index contributed by atoms with van der Waals surface area (Å²) in [6.45, 7) is 6.28. The molecule has 2 aromatic heterocycles. The molecule has 0 amide bonds. The van der Waals surface area contributed by atoms with E-state index in [9.17, 15) is 5.11 Å². The zero-order chi connectivity index (χ0) is 14.5. The van der Waals surface area contributed by atoms with E-state index < -0.39 is 6.10 Å². The van der Waals surface area contributed by atoms with Gasteiger partial charge in [-0.05, 0) is 25.0 Å². The van der Waals surface area contributed by atoms with Crippen molar-refractivity contribution in [3.8, 4) is 11.5 Å². The molecule has 20 heavy (non-hydrogen) atoms. The summed E-state index contributed by atoms with van der Waals surface area (Å²) < 4.78 is 5.16. The molecule has 0 fully saturated rings. The van der Waals surface area contributed by atoms with Gasteiger partial charge in [-0.2, -0.15) is 4.98 Å². The summed E-state index contributed by atoms with van der Waals surface area (Å²) in [7, 11) is 0. The standard InChI is InChI=1S/C14H20N4O2/c1-4-9(2)12(19)8-16-13-11(6-5-7-15-13)14-17-10(3)18-20-14/h5-7,9,12,19H,4,8H2,1-3H3,(H,15,16). The highest BCUT2D eigenvalue weighted by atomic mass is 16.5. The van der Waals surface area contributed by atoms with Gasteiger partial charge < -0.3 is 14.9 Å². The van der Waals surface area contributed by atoms with E-state index in [1.807, 2.05) is 19.1 Å². The average molecular weight is 276 g/mol. The maximum absolute atomic E-state index is 10.0. The van der Waals surface area contributed by atoms with E-state index in [-0.39, 0.29) is 5.92 Å². The van der Waals surface area contributed by atoms with Gasteiger partial charge in [0, 0.05) is 12.7 Å². The molecule has 0 bridgehead atoms. The number of aromatic nitrogens is 3. The second-order valence-electron chi connectivity index (χ2n) is 4.88. The van der Waals surface area contributed by atoms with Crippen molar-refractivity contribution in [1.82, 2.24) is 15.1 Å². The van der Waals surface area contributed by atoms with Gasteiger partial charge in [0.25, 0.3) is 5.89 Å². The molecule has 108 valence electrons.